The molecule has 2 aliphatic rings. The fraction of sp³-hybridized carbons (Fsp3) is 0.545. The van der Waals surface area contributed by atoms with Crippen molar-refractivity contribution in [2.45, 2.75) is 38.5 Å². The molecule has 2 fully saturated rings. The van der Waals surface area contributed by atoms with Crippen LogP contribution < -0.4 is 20.5 Å². The Bertz CT molecular complexity index is 994. The predicted molar refractivity (Wildman–Crippen MR) is 115 cm³/mol. The zero-order valence-corrected chi connectivity index (χ0v) is 18.2. The van der Waals surface area contributed by atoms with E-state index >= 15 is 0 Å². The monoisotopic (exact) mass is 427 g/mol. The number of rotatable bonds is 6. The van der Waals surface area contributed by atoms with Gasteiger partial charge in [0.15, 0.2) is 0 Å². The average molecular weight is 428 g/mol. The maximum atomic E-state index is 12.8. The normalized spacial score (nSPS) is 25.2. The molecule has 0 spiro atoms. The third-order valence-corrected chi connectivity index (χ3v) is 6.50. The molecule has 1 saturated heterocycles. The summed E-state index contributed by atoms with van der Waals surface area (Å²) < 4.78 is 12.5. The van der Waals surface area contributed by atoms with E-state index in [0.29, 0.717) is 29.8 Å². The molecule has 3 heterocycles. The molecule has 9 nitrogen and oxygen atoms in total. The van der Waals surface area contributed by atoms with Gasteiger partial charge in [-0.15, -0.1) is 0 Å². The third kappa shape index (κ3) is 4.41. The molecule has 2 aromatic rings. The van der Waals surface area contributed by atoms with Crippen LogP contribution in [-0.4, -0.2) is 59.9 Å². The summed E-state index contributed by atoms with van der Waals surface area (Å²) in [6, 6.07) is 4.83. The van der Waals surface area contributed by atoms with Crippen LogP contribution in [0.2, 0.25) is 0 Å². The number of pyridine rings is 1. The summed E-state index contributed by atoms with van der Waals surface area (Å²) in [6.07, 6.45) is 4.79. The summed E-state index contributed by atoms with van der Waals surface area (Å²) in [5.41, 5.74) is 0.210. The second-order valence-corrected chi connectivity index (χ2v) is 8.21. The van der Waals surface area contributed by atoms with Gasteiger partial charge in [0.2, 0.25) is 5.88 Å². The summed E-state index contributed by atoms with van der Waals surface area (Å²) in [7, 11) is 3.28. The third-order valence-electron chi connectivity index (χ3n) is 6.50. The van der Waals surface area contributed by atoms with E-state index in [9.17, 15) is 9.59 Å². The van der Waals surface area contributed by atoms with Gasteiger partial charge in [0, 0.05) is 50.6 Å². The summed E-state index contributed by atoms with van der Waals surface area (Å²) in [5, 5.41) is 3.11. The van der Waals surface area contributed by atoms with Gasteiger partial charge < -0.3 is 24.3 Å². The number of aromatic nitrogens is 3. The zero-order chi connectivity index (χ0) is 22.0. The van der Waals surface area contributed by atoms with Crippen LogP contribution in [-0.2, 0) is 11.3 Å². The molecule has 4 rings (SSSR count). The van der Waals surface area contributed by atoms with E-state index in [0.717, 1.165) is 31.7 Å². The van der Waals surface area contributed by atoms with E-state index in [1.54, 1.807) is 31.0 Å². The van der Waals surface area contributed by atoms with Gasteiger partial charge in [-0.25, -0.2) is 9.97 Å². The van der Waals surface area contributed by atoms with Gasteiger partial charge in [-0.1, -0.05) is 0 Å². The topological polar surface area (TPSA) is 98.6 Å². The zero-order valence-electron chi connectivity index (χ0n) is 18.2. The number of amides is 1. The van der Waals surface area contributed by atoms with E-state index in [1.165, 1.54) is 12.4 Å². The first kappa shape index (κ1) is 21.3. The summed E-state index contributed by atoms with van der Waals surface area (Å²) in [5.74, 6) is 2.05. The molecule has 31 heavy (non-hydrogen) atoms. The molecular formula is C22H29N5O4. The molecule has 1 aliphatic heterocycles. The van der Waals surface area contributed by atoms with Gasteiger partial charge in [0.1, 0.15) is 12.1 Å². The standard InChI is InChI=1S/C22H29N5O4/c1-4-26-6-5-14(9-21(26)28)22(29)25-17-7-15-11-27(12-16(15)8-18(17)30-2)19-10-20(31-3)24-13-23-19/h5-6,9-10,13,15-18H,4,7-8,11-12H2,1-3H3,(H,25,29)/t15-,16+,17-,18-/m0/s1. The van der Waals surface area contributed by atoms with Crippen molar-refractivity contribution in [1.29, 1.82) is 0 Å². The number of nitrogens with one attached hydrogen (secondary N) is 1. The molecule has 1 aliphatic carbocycles. The second-order valence-electron chi connectivity index (χ2n) is 8.21. The van der Waals surface area contributed by atoms with Crippen LogP contribution in [0.3, 0.4) is 0 Å². The lowest BCUT2D eigenvalue weighted by Crippen LogP contribution is -2.50. The van der Waals surface area contributed by atoms with Gasteiger partial charge in [0.05, 0.1) is 19.3 Å². The van der Waals surface area contributed by atoms with Crippen molar-refractivity contribution >= 4 is 11.7 Å². The van der Waals surface area contributed by atoms with Crippen molar-refractivity contribution in [2.24, 2.45) is 11.8 Å². The second kappa shape index (κ2) is 9.05. The number of fused-ring (bicyclic) bond motifs is 1. The van der Waals surface area contributed by atoms with Gasteiger partial charge in [-0.3, -0.25) is 9.59 Å². The number of carbonyl (C=O) groups excluding carboxylic acids is 1. The quantitative estimate of drug-likeness (QED) is 0.742. The first-order valence-corrected chi connectivity index (χ1v) is 10.7. The molecule has 9 heteroatoms. The Morgan fingerprint density at radius 1 is 1.19 bits per heavy atom. The Labute approximate surface area is 181 Å². The van der Waals surface area contributed by atoms with Crippen molar-refractivity contribution in [3.63, 3.8) is 0 Å². The van der Waals surface area contributed by atoms with Crippen molar-refractivity contribution in [3.05, 3.63) is 46.6 Å². The Hall–Kier alpha value is -2.94. The average Bonchev–Trinajstić information content (AvgIpc) is 3.21. The predicted octanol–water partition coefficient (Wildman–Crippen LogP) is 1.33. The van der Waals surface area contributed by atoms with E-state index in [2.05, 4.69) is 20.2 Å². The molecule has 0 aromatic carbocycles. The lowest BCUT2D eigenvalue weighted by molar-refractivity contribution is 0.0125. The molecular weight excluding hydrogens is 398 g/mol. The van der Waals surface area contributed by atoms with Crippen LogP contribution in [0, 0.1) is 11.8 Å². The number of hydrogen-bond donors (Lipinski definition) is 1. The van der Waals surface area contributed by atoms with E-state index in [1.807, 2.05) is 13.0 Å². The van der Waals surface area contributed by atoms with Crippen molar-refractivity contribution in [1.82, 2.24) is 19.9 Å². The molecule has 166 valence electrons. The van der Waals surface area contributed by atoms with Gasteiger partial charge >= 0.3 is 0 Å². The maximum Gasteiger partial charge on any atom is 0.251 e. The van der Waals surface area contributed by atoms with Crippen LogP contribution in [0.1, 0.15) is 30.1 Å². The Balaban J connectivity index is 1.45. The lowest BCUT2D eigenvalue weighted by atomic mass is 9.77. The molecule has 0 radical (unpaired) electrons. The minimum absolute atomic E-state index is 0.0684. The molecule has 1 saturated carbocycles. The fourth-order valence-electron chi connectivity index (χ4n) is 4.79. The highest BCUT2D eigenvalue weighted by Gasteiger charge is 2.43. The Morgan fingerprint density at radius 2 is 1.97 bits per heavy atom. The molecule has 0 unspecified atom stereocenters. The number of methoxy groups -OCH3 is 2. The van der Waals surface area contributed by atoms with E-state index < -0.39 is 0 Å². The van der Waals surface area contributed by atoms with E-state index in [-0.39, 0.29) is 23.6 Å². The number of hydrogen-bond acceptors (Lipinski definition) is 7. The lowest BCUT2D eigenvalue weighted by Gasteiger charge is -2.37. The van der Waals surface area contributed by atoms with Crippen molar-refractivity contribution in [3.8, 4) is 5.88 Å². The Morgan fingerprint density at radius 3 is 2.65 bits per heavy atom. The minimum atomic E-state index is -0.235. The molecule has 0 bridgehead atoms. The summed E-state index contributed by atoms with van der Waals surface area (Å²) >= 11 is 0. The Kier molecular flexibility index (Phi) is 6.22. The summed E-state index contributed by atoms with van der Waals surface area (Å²) in [6.45, 7) is 4.22. The van der Waals surface area contributed by atoms with Crippen LogP contribution in [0.25, 0.3) is 0 Å². The highest BCUT2D eigenvalue weighted by molar-refractivity contribution is 5.94. The minimum Gasteiger partial charge on any atom is -0.481 e. The first-order chi connectivity index (χ1) is 15.0. The fourth-order valence-corrected chi connectivity index (χ4v) is 4.79. The molecule has 4 atom stereocenters. The number of anilines is 1. The maximum absolute atomic E-state index is 12.8. The van der Waals surface area contributed by atoms with Crippen LogP contribution in [0.4, 0.5) is 5.82 Å². The van der Waals surface area contributed by atoms with Crippen molar-refractivity contribution < 1.29 is 14.3 Å². The van der Waals surface area contributed by atoms with Gasteiger partial charge in [-0.05, 0) is 37.7 Å². The molecule has 2 aromatic heterocycles. The van der Waals surface area contributed by atoms with E-state index in [4.69, 9.17) is 9.47 Å². The molecule has 1 amide bonds. The van der Waals surface area contributed by atoms with Crippen molar-refractivity contribution in [2.75, 3.05) is 32.2 Å². The largest absolute Gasteiger partial charge is 0.481 e. The first-order valence-electron chi connectivity index (χ1n) is 10.7. The smallest absolute Gasteiger partial charge is 0.251 e. The summed E-state index contributed by atoms with van der Waals surface area (Å²) in [4.78, 5) is 35.6. The number of carbonyl (C=O) groups is 1. The SMILES string of the molecule is CCn1ccc(C(=O)N[C@H]2C[C@H]3CN(c4cc(OC)ncn4)C[C@H]3C[C@@H]2OC)cc1=O. The number of nitrogens with zero attached hydrogens (tertiary/aromatic N) is 4. The van der Waals surface area contributed by atoms with Crippen LogP contribution in [0.15, 0.2) is 35.5 Å². The number of aryl methyl sites for hydroxylation is 1. The highest BCUT2D eigenvalue weighted by Crippen LogP contribution is 2.39. The van der Waals surface area contributed by atoms with Crippen LogP contribution >= 0.6 is 0 Å². The van der Waals surface area contributed by atoms with Gasteiger partial charge in [0.25, 0.3) is 11.5 Å². The van der Waals surface area contributed by atoms with Gasteiger partial charge in [-0.2, -0.15) is 0 Å². The van der Waals surface area contributed by atoms with Crippen LogP contribution in [0.5, 0.6) is 5.88 Å². The highest BCUT2D eigenvalue weighted by atomic mass is 16.5. The molecule has 1 N–H and O–H groups in total. The number of ether oxygens (including phenoxy) is 2.